The summed E-state index contributed by atoms with van der Waals surface area (Å²) in [7, 11) is 0. The van der Waals surface area contributed by atoms with Crippen LogP contribution in [0.3, 0.4) is 0 Å². The fourth-order valence-electron chi connectivity index (χ4n) is 5.98. The molecular formula is C29H41F3N4O2S. The van der Waals surface area contributed by atoms with E-state index in [1.54, 1.807) is 24.8 Å². The first-order valence-electron chi connectivity index (χ1n) is 14.1. The topological polar surface area (TPSA) is 70.8 Å². The van der Waals surface area contributed by atoms with Gasteiger partial charge in [-0.1, -0.05) is 33.1 Å². The van der Waals surface area contributed by atoms with Gasteiger partial charge in [-0.05, 0) is 95.9 Å². The maximum atomic E-state index is 13.5. The molecule has 2 heterocycles. The largest absolute Gasteiger partial charge is 0.417 e. The Hall–Kier alpha value is -2.22. The normalized spacial score (nSPS) is 20.2. The average Bonchev–Trinajstić information content (AvgIpc) is 3.43. The Morgan fingerprint density at radius 1 is 1.10 bits per heavy atom. The molecular weight excluding hydrogens is 525 g/mol. The van der Waals surface area contributed by atoms with E-state index < -0.39 is 28.4 Å². The van der Waals surface area contributed by atoms with Crippen LogP contribution in [0, 0.1) is 11.3 Å². The molecule has 10 heteroatoms. The lowest BCUT2D eigenvalue weighted by Crippen LogP contribution is -2.49. The zero-order chi connectivity index (χ0) is 29.0. The van der Waals surface area contributed by atoms with E-state index in [0.29, 0.717) is 6.54 Å². The van der Waals surface area contributed by atoms with Crippen molar-refractivity contribution in [3.63, 3.8) is 0 Å². The van der Waals surface area contributed by atoms with E-state index in [2.05, 4.69) is 18.7 Å². The minimum atomic E-state index is -4.72. The number of nitrogens with zero attached hydrogens (tertiary/aromatic N) is 4. The third-order valence-electron chi connectivity index (χ3n) is 8.55. The Morgan fingerprint density at radius 2 is 1.72 bits per heavy atom. The van der Waals surface area contributed by atoms with E-state index in [1.165, 1.54) is 6.07 Å². The molecule has 2 aliphatic heterocycles. The summed E-state index contributed by atoms with van der Waals surface area (Å²) in [5, 5.41) is 20.2. The second-order valence-electron chi connectivity index (χ2n) is 11.2. The molecule has 0 unspecified atom stereocenters. The van der Waals surface area contributed by atoms with E-state index in [9.17, 15) is 23.1 Å². The zero-order valence-electron chi connectivity index (χ0n) is 23.5. The van der Waals surface area contributed by atoms with Gasteiger partial charge in [0.25, 0.3) is 5.91 Å². The highest BCUT2D eigenvalue weighted by Crippen LogP contribution is 2.38. The molecule has 1 amide bonds. The molecule has 0 bridgehead atoms. The quantitative estimate of drug-likeness (QED) is 0.238. The third kappa shape index (κ3) is 6.58. The Kier molecular flexibility index (Phi) is 10.1. The van der Waals surface area contributed by atoms with Crippen molar-refractivity contribution in [1.82, 2.24) is 9.80 Å². The number of carbonyl (C=O) groups is 1. The molecule has 2 aliphatic rings. The number of hydrogen-bond donors (Lipinski definition) is 1. The van der Waals surface area contributed by atoms with Gasteiger partial charge in [-0.15, -0.1) is 0 Å². The van der Waals surface area contributed by atoms with Crippen LogP contribution < -0.4 is 4.90 Å². The van der Waals surface area contributed by atoms with Crippen LogP contribution in [0.4, 0.5) is 18.9 Å². The van der Waals surface area contributed by atoms with Gasteiger partial charge in [0.1, 0.15) is 5.54 Å². The summed E-state index contributed by atoms with van der Waals surface area (Å²) < 4.78 is 40.5. The molecule has 0 saturated carbocycles. The predicted octanol–water partition coefficient (Wildman–Crippen LogP) is 6.26. The molecule has 0 aliphatic carbocycles. The highest BCUT2D eigenvalue weighted by atomic mass is 32.1. The SMILES string of the molecule is CCC(O)(CC)[C@@H]1CCCN1CCCCCCCN1C(=S)N(c2ccc(C#N)c(C(F)(F)F)c2)C(=O)C1(C)C. The molecule has 0 radical (unpaired) electrons. The molecule has 0 aromatic heterocycles. The fourth-order valence-corrected chi connectivity index (χ4v) is 6.49. The van der Waals surface area contributed by atoms with Gasteiger partial charge in [-0.25, -0.2) is 0 Å². The van der Waals surface area contributed by atoms with Gasteiger partial charge in [-0.3, -0.25) is 14.6 Å². The van der Waals surface area contributed by atoms with E-state index >= 15 is 0 Å². The first-order valence-corrected chi connectivity index (χ1v) is 14.5. The minimum absolute atomic E-state index is 0.0187. The lowest BCUT2D eigenvalue weighted by Gasteiger charge is -2.38. The second kappa shape index (κ2) is 12.5. The van der Waals surface area contributed by atoms with Gasteiger partial charge in [0.05, 0.1) is 28.5 Å². The fraction of sp³-hybridized carbons (Fsp3) is 0.690. The van der Waals surface area contributed by atoms with Crippen molar-refractivity contribution in [3.05, 3.63) is 29.3 Å². The summed E-state index contributed by atoms with van der Waals surface area (Å²) in [6.45, 7) is 10.2. The molecule has 39 heavy (non-hydrogen) atoms. The number of likely N-dealkylation sites (tertiary alicyclic amines) is 1. The van der Waals surface area contributed by atoms with Crippen molar-refractivity contribution in [2.24, 2.45) is 0 Å². The summed E-state index contributed by atoms with van der Waals surface area (Å²) in [5.41, 5.74) is -3.14. The van der Waals surface area contributed by atoms with Crippen molar-refractivity contribution in [3.8, 4) is 6.07 Å². The van der Waals surface area contributed by atoms with E-state index in [0.717, 1.165) is 87.9 Å². The standard InChI is InChI=1S/C29H41F3N4O2S/c1-5-28(38,6-2)24-13-12-17-34(24)16-10-8-7-9-11-18-35-26(39)36(25(37)27(35,3)4)22-15-14-21(20-33)23(19-22)29(30,31)32/h14-15,19,24,38H,5-13,16-18H2,1-4H3/t24-/m0/s1. The van der Waals surface area contributed by atoms with Crippen LogP contribution in [0.5, 0.6) is 0 Å². The van der Waals surface area contributed by atoms with Crippen LogP contribution in [-0.2, 0) is 11.0 Å². The number of benzene rings is 1. The lowest BCUT2D eigenvalue weighted by molar-refractivity contribution is -0.137. The van der Waals surface area contributed by atoms with Crippen LogP contribution in [0.15, 0.2) is 18.2 Å². The van der Waals surface area contributed by atoms with E-state index in [1.807, 2.05) is 0 Å². The highest BCUT2D eigenvalue weighted by molar-refractivity contribution is 7.80. The van der Waals surface area contributed by atoms with Gasteiger partial charge in [-0.2, -0.15) is 18.4 Å². The van der Waals surface area contributed by atoms with Crippen molar-refractivity contribution in [1.29, 1.82) is 5.26 Å². The van der Waals surface area contributed by atoms with Crippen molar-refractivity contribution >= 4 is 28.9 Å². The summed E-state index contributed by atoms with van der Waals surface area (Å²) in [4.78, 5) is 18.6. The number of amides is 1. The number of halogens is 3. The van der Waals surface area contributed by atoms with Crippen molar-refractivity contribution < 1.29 is 23.1 Å². The Labute approximate surface area is 235 Å². The third-order valence-corrected chi connectivity index (χ3v) is 8.95. The first-order chi connectivity index (χ1) is 18.3. The van der Waals surface area contributed by atoms with E-state index in [4.69, 9.17) is 17.5 Å². The molecule has 2 fully saturated rings. The maximum Gasteiger partial charge on any atom is 0.417 e. The van der Waals surface area contributed by atoms with Crippen LogP contribution in [0.25, 0.3) is 0 Å². The van der Waals surface area contributed by atoms with Gasteiger partial charge >= 0.3 is 6.18 Å². The van der Waals surface area contributed by atoms with Gasteiger partial charge in [0, 0.05) is 12.6 Å². The molecule has 1 N–H and O–H groups in total. The second-order valence-corrected chi connectivity index (χ2v) is 11.6. The monoisotopic (exact) mass is 566 g/mol. The number of unbranched alkanes of at least 4 members (excludes halogenated alkanes) is 4. The van der Waals surface area contributed by atoms with E-state index in [-0.39, 0.29) is 22.7 Å². The summed E-state index contributed by atoms with van der Waals surface area (Å²) in [5.74, 6) is -0.385. The Morgan fingerprint density at radius 3 is 2.31 bits per heavy atom. The van der Waals surface area contributed by atoms with Crippen molar-refractivity contribution in [2.45, 2.75) is 109 Å². The van der Waals surface area contributed by atoms with Crippen LogP contribution in [0.1, 0.15) is 96.6 Å². The molecule has 6 nitrogen and oxygen atoms in total. The highest BCUT2D eigenvalue weighted by Gasteiger charge is 2.49. The number of alkyl halides is 3. The molecule has 2 saturated heterocycles. The van der Waals surface area contributed by atoms with Crippen LogP contribution in [0.2, 0.25) is 0 Å². The number of aliphatic hydroxyl groups is 1. The molecule has 1 aromatic carbocycles. The molecule has 1 aromatic rings. The van der Waals surface area contributed by atoms with Gasteiger partial charge in [0.2, 0.25) is 0 Å². The molecule has 1 atom stereocenters. The molecule has 0 spiro atoms. The maximum absolute atomic E-state index is 13.5. The Balaban J connectivity index is 1.52. The lowest BCUT2D eigenvalue weighted by atomic mass is 9.87. The predicted molar refractivity (Wildman–Crippen MR) is 150 cm³/mol. The number of thiocarbonyl (C=S) groups is 1. The summed E-state index contributed by atoms with van der Waals surface area (Å²) in [6.07, 6.45) is 3.95. The number of hydrogen-bond acceptors (Lipinski definition) is 5. The molecule has 3 rings (SSSR count). The minimum Gasteiger partial charge on any atom is -0.388 e. The summed E-state index contributed by atoms with van der Waals surface area (Å²) in [6, 6.07) is 5.06. The number of carbonyl (C=O) groups excluding carboxylic acids is 1. The van der Waals surface area contributed by atoms with Gasteiger partial charge < -0.3 is 10.0 Å². The number of nitriles is 1. The number of rotatable bonds is 12. The Bertz CT molecular complexity index is 1080. The van der Waals surface area contributed by atoms with Crippen LogP contribution >= 0.6 is 12.2 Å². The number of anilines is 1. The smallest absolute Gasteiger partial charge is 0.388 e. The average molecular weight is 567 g/mol. The summed E-state index contributed by atoms with van der Waals surface area (Å²) >= 11 is 5.57. The zero-order valence-corrected chi connectivity index (χ0v) is 24.3. The molecule has 216 valence electrons. The van der Waals surface area contributed by atoms with Gasteiger partial charge in [0.15, 0.2) is 5.11 Å². The van der Waals surface area contributed by atoms with Crippen LogP contribution in [-0.4, -0.2) is 62.7 Å². The van der Waals surface area contributed by atoms with Crippen molar-refractivity contribution in [2.75, 3.05) is 24.5 Å². The first kappa shape index (κ1) is 31.3.